The normalized spacial score (nSPS) is 12.5. The third-order valence-electron chi connectivity index (χ3n) is 3.67. The summed E-state index contributed by atoms with van der Waals surface area (Å²) in [6.45, 7) is 0. The maximum Gasteiger partial charge on any atom is 0.256 e. The van der Waals surface area contributed by atoms with Crippen molar-refractivity contribution in [3.8, 4) is 6.07 Å². The number of carbonyl (C=O) groups is 1. The van der Waals surface area contributed by atoms with Crippen LogP contribution in [0.25, 0.3) is 0 Å². The molecule has 1 aliphatic heterocycles. The second kappa shape index (κ2) is 6.11. The topological polar surface area (TPSA) is 65.8 Å². The van der Waals surface area contributed by atoms with Crippen molar-refractivity contribution < 1.29 is 4.79 Å². The Morgan fingerprint density at radius 2 is 2.04 bits per heavy atom. The number of fused-ring (bicyclic) bond motifs is 2. The van der Waals surface area contributed by atoms with E-state index in [0.29, 0.717) is 17.0 Å². The Balaban J connectivity index is 1.66. The minimum absolute atomic E-state index is 0.0847. The van der Waals surface area contributed by atoms with Crippen molar-refractivity contribution in [2.45, 2.75) is 16.2 Å². The van der Waals surface area contributed by atoms with Crippen LogP contribution in [0.15, 0.2) is 58.5 Å². The van der Waals surface area contributed by atoms with E-state index in [9.17, 15) is 4.79 Å². The lowest BCUT2D eigenvalue weighted by molar-refractivity contribution is 0.102. The fraction of sp³-hybridized carbons (Fsp3) is 0.0556. The van der Waals surface area contributed by atoms with Gasteiger partial charge >= 0.3 is 0 Å². The van der Waals surface area contributed by atoms with Gasteiger partial charge in [0.25, 0.3) is 5.91 Å². The van der Waals surface area contributed by atoms with Crippen molar-refractivity contribution in [1.82, 2.24) is 4.98 Å². The van der Waals surface area contributed by atoms with E-state index in [1.807, 2.05) is 36.4 Å². The molecule has 116 valence electrons. The quantitative estimate of drug-likeness (QED) is 0.748. The highest BCUT2D eigenvalue weighted by molar-refractivity contribution is 7.99. The SMILES string of the molecule is N#Cc1ncc(Cc2ccc3c(c2)NC(=O)c2ccccc2S3)s1. The molecule has 0 fully saturated rings. The number of aromatic nitrogens is 1. The van der Waals surface area contributed by atoms with Crippen LogP contribution in [-0.2, 0) is 6.42 Å². The van der Waals surface area contributed by atoms with Crippen LogP contribution in [-0.4, -0.2) is 10.9 Å². The number of nitrogens with zero attached hydrogens (tertiary/aromatic N) is 2. The Morgan fingerprint density at radius 3 is 2.88 bits per heavy atom. The van der Waals surface area contributed by atoms with Crippen LogP contribution in [0.2, 0.25) is 0 Å². The van der Waals surface area contributed by atoms with E-state index in [-0.39, 0.29) is 5.91 Å². The van der Waals surface area contributed by atoms with Gasteiger partial charge in [-0.05, 0) is 29.8 Å². The molecule has 4 nitrogen and oxygen atoms in total. The molecule has 1 aliphatic rings. The van der Waals surface area contributed by atoms with Crippen LogP contribution in [0.4, 0.5) is 5.69 Å². The molecule has 0 unspecified atom stereocenters. The summed E-state index contributed by atoms with van der Waals surface area (Å²) < 4.78 is 0. The number of hydrogen-bond donors (Lipinski definition) is 1. The van der Waals surface area contributed by atoms with Gasteiger partial charge in [-0.15, -0.1) is 11.3 Å². The van der Waals surface area contributed by atoms with Gasteiger partial charge in [0.2, 0.25) is 0 Å². The number of benzene rings is 2. The molecule has 0 bridgehead atoms. The lowest BCUT2D eigenvalue weighted by Crippen LogP contribution is -2.11. The van der Waals surface area contributed by atoms with Crippen molar-refractivity contribution >= 4 is 34.7 Å². The van der Waals surface area contributed by atoms with Gasteiger partial charge in [-0.1, -0.05) is 30.0 Å². The van der Waals surface area contributed by atoms with Crippen LogP contribution in [0.3, 0.4) is 0 Å². The number of hydrogen-bond acceptors (Lipinski definition) is 5. The van der Waals surface area contributed by atoms with Gasteiger partial charge < -0.3 is 5.32 Å². The van der Waals surface area contributed by atoms with Crippen molar-refractivity contribution in [3.63, 3.8) is 0 Å². The van der Waals surface area contributed by atoms with Crippen molar-refractivity contribution in [2.24, 2.45) is 0 Å². The Bertz CT molecular complexity index is 988. The van der Waals surface area contributed by atoms with Crippen molar-refractivity contribution in [1.29, 1.82) is 5.26 Å². The number of thiazole rings is 1. The highest BCUT2D eigenvalue weighted by Crippen LogP contribution is 2.39. The van der Waals surface area contributed by atoms with Crippen LogP contribution in [0.1, 0.15) is 25.8 Å². The molecule has 0 aliphatic carbocycles. The fourth-order valence-electron chi connectivity index (χ4n) is 2.57. The summed E-state index contributed by atoms with van der Waals surface area (Å²) in [4.78, 5) is 19.5. The van der Waals surface area contributed by atoms with E-state index in [4.69, 9.17) is 5.26 Å². The van der Waals surface area contributed by atoms with Gasteiger partial charge in [-0.25, -0.2) is 4.98 Å². The number of anilines is 1. The van der Waals surface area contributed by atoms with E-state index in [1.54, 1.807) is 18.0 Å². The second-order valence-corrected chi connectivity index (χ2v) is 7.50. The molecule has 0 spiro atoms. The molecule has 1 amide bonds. The Kier molecular flexibility index (Phi) is 3.81. The van der Waals surface area contributed by atoms with E-state index in [2.05, 4.69) is 22.4 Å². The van der Waals surface area contributed by atoms with Crippen LogP contribution in [0, 0.1) is 11.3 Å². The van der Waals surface area contributed by atoms with E-state index < -0.39 is 0 Å². The molecular formula is C18H11N3OS2. The number of nitrogens with one attached hydrogen (secondary N) is 1. The molecule has 0 saturated heterocycles. The summed E-state index contributed by atoms with van der Waals surface area (Å²) in [5.41, 5.74) is 2.60. The van der Waals surface area contributed by atoms with Crippen molar-refractivity contribution in [3.05, 3.63) is 69.7 Å². The van der Waals surface area contributed by atoms with E-state index in [1.165, 1.54) is 11.3 Å². The van der Waals surface area contributed by atoms with Crippen LogP contribution < -0.4 is 5.32 Å². The largest absolute Gasteiger partial charge is 0.321 e. The predicted octanol–water partition coefficient (Wildman–Crippen LogP) is 4.32. The first-order valence-electron chi connectivity index (χ1n) is 7.29. The predicted molar refractivity (Wildman–Crippen MR) is 94.6 cm³/mol. The number of rotatable bonds is 2. The first kappa shape index (κ1) is 14.9. The average Bonchev–Trinajstić information content (AvgIpc) is 2.99. The standard InChI is InChI=1S/C18H11N3OS2/c19-9-17-20-10-12(23-17)7-11-5-6-16-14(8-11)21-18(22)13-3-1-2-4-15(13)24-16/h1-6,8,10H,7H2,(H,21,22). The molecule has 0 radical (unpaired) electrons. The van der Waals surface area contributed by atoms with E-state index in [0.717, 1.165) is 25.9 Å². The number of nitriles is 1. The number of carbonyl (C=O) groups excluding carboxylic acids is 1. The zero-order valence-corrected chi connectivity index (χ0v) is 14.1. The second-order valence-electron chi connectivity index (χ2n) is 5.30. The zero-order valence-electron chi connectivity index (χ0n) is 12.4. The van der Waals surface area contributed by atoms with Gasteiger partial charge in [0.05, 0.1) is 11.3 Å². The summed E-state index contributed by atoms with van der Waals surface area (Å²) in [5.74, 6) is -0.0847. The molecule has 1 aromatic heterocycles. The molecule has 0 atom stereocenters. The summed E-state index contributed by atoms with van der Waals surface area (Å²) in [6.07, 6.45) is 2.43. The first-order valence-corrected chi connectivity index (χ1v) is 8.92. The monoisotopic (exact) mass is 349 g/mol. The van der Waals surface area contributed by atoms with Gasteiger partial charge in [-0.2, -0.15) is 5.26 Å². The Morgan fingerprint density at radius 1 is 1.17 bits per heavy atom. The Labute approximate surface area is 147 Å². The maximum atomic E-state index is 12.4. The summed E-state index contributed by atoms with van der Waals surface area (Å²) in [5, 5.41) is 12.3. The maximum absolute atomic E-state index is 12.4. The smallest absolute Gasteiger partial charge is 0.256 e. The molecule has 4 rings (SSSR count). The highest BCUT2D eigenvalue weighted by atomic mass is 32.2. The molecule has 1 N–H and O–H groups in total. The lowest BCUT2D eigenvalue weighted by Gasteiger charge is -2.08. The molecule has 6 heteroatoms. The van der Waals surface area contributed by atoms with Crippen molar-refractivity contribution in [2.75, 3.05) is 5.32 Å². The molecular weight excluding hydrogens is 338 g/mol. The first-order chi connectivity index (χ1) is 11.7. The summed E-state index contributed by atoms with van der Waals surface area (Å²) in [7, 11) is 0. The molecule has 2 aromatic carbocycles. The summed E-state index contributed by atoms with van der Waals surface area (Å²) in [6, 6.07) is 15.7. The minimum Gasteiger partial charge on any atom is -0.321 e. The lowest BCUT2D eigenvalue weighted by atomic mass is 10.1. The highest BCUT2D eigenvalue weighted by Gasteiger charge is 2.19. The van der Waals surface area contributed by atoms with Gasteiger partial charge in [-0.3, -0.25) is 4.79 Å². The molecule has 0 saturated carbocycles. The molecule has 2 heterocycles. The van der Waals surface area contributed by atoms with Gasteiger partial charge in [0.15, 0.2) is 5.01 Å². The van der Waals surface area contributed by atoms with Crippen LogP contribution >= 0.6 is 23.1 Å². The van der Waals surface area contributed by atoms with Gasteiger partial charge in [0, 0.05) is 27.3 Å². The Hall–Kier alpha value is -2.62. The molecule has 24 heavy (non-hydrogen) atoms. The third-order valence-corrected chi connectivity index (χ3v) is 5.73. The third kappa shape index (κ3) is 2.80. The van der Waals surface area contributed by atoms with E-state index >= 15 is 0 Å². The molecule has 3 aromatic rings. The minimum atomic E-state index is -0.0847. The average molecular weight is 349 g/mol. The zero-order chi connectivity index (χ0) is 16.5. The summed E-state index contributed by atoms with van der Waals surface area (Å²) >= 11 is 2.99. The van der Waals surface area contributed by atoms with Crippen LogP contribution in [0.5, 0.6) is 0 Å². The van der Waals surface area contributed by atoms with Gasteiger partial charge in [0.1, 0.15) is 6.07 Å². The fourth-order valence-corrected chi connectivity index (χ4v) is 4.32. The number of amides is 1.